The molecular weight excluding hydrogens is 196 g/mol. The molecule has 0 aliphatic carbocycles. The van der Waals surface area contributed by atoms with Crippen molar-refractivity contribution in [1.82, 2.24) is 0 Å². The number of benzene rings is 2. The molecule has 0 bridgehead atoms. The zero-order valence-electron chi connectivity index (χ0n) is 9.40. The van der Waals surface area contributed by atoms with Crippen LogP contribution in [0.1, 0.15) is 12.5 Å². The van der Waals surface area contributed by atoms with Crippen LogP contribution in [0.4, 0.5) is 11.4 Å². The van der Waals surface area contributed by atoms with Crippen LogP contribution >= 0.6 is 0 Å². The number of aryl methyl sites for hydroxylation is 1. The maximum Gasteiger partial charge on any atom is 0.0540 e. The third-order valence-electron chi connectivity index (χ3n) is 2.49. The lowest BCUT2D eigenvalue weighted by Gasteiger charge is -2.09. The third kappa shape index (κ3) is 2.76. The Balaban J connectivity index is 1.94. The Morgan fingerprint density at radius 3 is 1.88 bits per heavy atom. The molecule has 0 fully saturated rings. The van der Waals surface area contributed by atoms with Crippen LogP contribution in [-0.2, 0) is 6.42 Å². The topological polar surface area (TPSA) is 24.1 Å². The Morgan fingerprint density at radius 2 is 1.31 bits per heavy atom. The van der Waals surface area contributed by atoms with Gasteiger partial charge in [-0.2, -0.15) is 0 Å². The standard InChI is InChI=1S/C14H16N2/c1-2-12-8-10-14(11-9-12)16-15-13-6-4-3-5-7-13/h3-11,15-16H,2H2,1H3. The van der Waals surface area contributed by atoms with Crippen LogP contribution in [-0.4, -0.2) is 0 Å². The van der Waals surface area contributed by atoms with Crippen molar-refractivity contribution in [1.29, 1.82) is 0 Å². The molecule has 2 aromatic rings. The van der Waals surface area contributed by atoms with Crippen LogP contribution in [0.3, 0.4) is 0 Å². The fourth-order valence-electron chi connectivity index (χ4n) is 1.49. The van der Waals surface area contributed by atoms with E-state index in [0.29, 0.717) is 0 Å². The fraction of sp³-hybridized carbons (Fsp3) is 0.143. The smallest absolute Gasteiger partial charge is 0.0540 e. The molecule has 2 rings (SSSR count). The molecule has 0 unspecified atom stereocenters. The molecule has 0 spiro atoms. The van der Waals surface area contributed by atoms with Gasteiger partial charge in [-0.3, -0.25) is 0 Å². The first-order valence-electron chi connectivity index (χ1n) is 5.54. The predicted octanol–water partition coefficient (Wildman–Crippen LogP) is 3.69. The minimum absolute atomic E-state index is 1.06. The second kappa shape index (κ2) is 5.21. The summed E-state index contributed by atoms with van der Waals surface area (Å²) in [5.41, 5.74) is 9.79. The van der Waals surface area contributed by atoms with Gasteiger partial charge in [0.2, 0.25) is 0 Å². The van der Waals surface area contributed by atoms with E-state index in [2.05, 4.69) is 42.0 Å². The van der Waals surface area contributed by atoms with E-state index in [1.807, 2.05) is 30.3 Å². The first kappa shape index (κ1) is 10.6. The molecule has 82 valence electrons. The lowest BCUT2D eigenvalue weighted by atomic mass is 10.2. The van der Waals surface area contributed by atoms with E-state index >= 15 is 0 Å². The van der Waals surface area contributed by atoms with Crippen molar-refractivity contribution in [2.75, 3.05) is 10.9 Å². The van der Waals surface area contributed by atoms with Gasteiger partial charge in [0.15, 0.2) is 0 Å². The number of nitrogens with one attached hydrogen (secondary N) is 2. The van der Waals surface area contributed by atoms with Gasteiger partial charge in [0.05, 0.1) is 11.4 Å². The number of hydrogen-bond acceptors (Lipinski definition) is 2. The quantitative estimate of drug-likeness (QED) is 0.755. The van der Waals surface area contributed by atoms with Gasteiger partial charge in [0.1, 0.15) is 0 Å². The Bertz CT molecular complexity index is 420. The summed E-state index contributed by atoms with van der Waals surface area (Å²) in [6.07, 6.45) is 1.08. The lowest BCUT2D eigenvalue weighted by molar-refractivity contribution is 1.14. The van der Waals surface area contributed by atoms with Crippen LogP contribution < -0.4 is 10.9 Å². The molecule has 2 nitrogen and oxygen atoms in total. The van der Waals surface area contributed by atoms with Gasteiger partial charge in [-0.15, -0.1) is 0 Å². The Labute approximate surface area is 96.3 Å². The summed E-state index contributed by atoms with van der Waals surface area (Å²) in [6.45, 7) is 2.16. The Morgan fingerprint density at radius 1 is 0.750 bits per heavy atom. The highest BCUT2D eigenvalue weighted by Crippen LogP contribution is 2.11. The van der Waals surface area contributed by atoms with Gasteiger partial charge < -0.3 is 10.9 Å². The minimum atomic E-state index is 1.06. The van der Waals surface area contributed by atoms with Crippen LogP contribution in [0.25, 0.3) is 0 Å². The van der Waals surface area contributed by atoms with Crippen LogP contribution in [0, 0.1) is 0 Å². The first-order valence-corrected chi connectivity index (χ1v) is 5.54. The first-order chi connectivity index (χ1) is 7.88. The van der Waals surface area contributed by atoms with Crippen LogP contribution in [0.15, 0.2) is 54.6 Å². The molecule has 16 heavy (non-hydrogen) atoms. The number of anilines is 2. The van der Waals surface area contributed by atoms with Gasteiger partial charge in [-0.25, -0.2) is 0 Å². The molecule has 0 saturated carbocycles. The highest BCUT2D eigenvalue weighted by atomic mass is 15.4. The molecular formula is C14H16N2. The molecule has 0 amide bonds. The normalized spacial score (nSPS) is 9.81. The molecule has 0 saturated heterocycles. The van der Waals surface area contributed by atoms with E-state index in [0.717, 1.165) is 17.8 Å². The summed E-state index contributed by atoms with van der Waals surface area (Å²) < 4.78 is 0. The van der Waals surface area contributed by atoms with E-state index in [1.54, 1.807) is 0 Å². The number of para-hydroxylation sites is 1. The van der Waals surface area contributed by atoms with E-state index in [9.17, 15) is 0 Å². The van der Waals surface area contributed by atoms with Crippen LogP contribution in [0.2, 0.25) is 0 Å². The molecule has 0 aliphatic heterocycles. The molecule has 0 aliphatic rings. The van der Waals surface area contributed by atoms with Gasteiger partial charge in [0.25, 0.3) is 0 Å². The zero-order valence-corrected chi connectivity index (χ0v) is 9.40. The number of hydrogen-bond donors (Lipinski definition) is 2. The van der Waals surface area contributed by atoms with Gasteiger partial charge in [-0.05, 0) is 36.2 Å². The fourth-order valence-corrected chi connectivity index (χ4v) is 1.49. The second-order valence-electron chi connectivity index (χ2n) is 3.67. The second-order valence-corrected chi connectivity index (χ2v) is 3.67. The number of rotatable bonds is 4. The molecule has 2 N–H and O–H groups in total. The van der Waals surface area contributed by atoms with Crippen molar-refractivity contribution in [3.05, 3.63) is 60.2 Å². The van der Waals surface area contributed by atoms with Crippen molar-refractivity contribution in [3.8, 4) is 0 Å². The summed E-state index contributed by atoms with van der Waals surface area (Å²) in [6, 6.07) is 18.5. The average Bonchev–Trinajstić information content (AvgIpc) is 2.38. The van der Waals surface area contributed by atoms with Crippen molar-refractivity contribution in [3.63, 3.8) is 0 Å². The van der Waals surface area contributed by atoms with Crippen LogP contribution in [0.5, 0.6) is 0 Å². The predicted molar refractivity (Wildman–Crippen MR) is 69.5 cm³/mol. The lowest BCUT2D eigenvalue weighted by Crippen LogP contribution is -2.08. The molecule has 0 atom stereocenters. The van der Waals surface area contributed by atoms with Gasteiger partial charge in [0, 0.05) is 0 Å². The summed E-state index contributed by atoms with van der Waals surface area (Å²) >= 11 is 0. The summed E-state index contributed by atoms with van der Waals surface area (Å²) in [5, 5.41) is 0. The zero-order chi connectivity index (χ0) is 11.2. The van der Waals surface area contributed by atoms with E-state index < -0.39 is 0 Å². The maximum absolute atomic E-state index is 3.16. The molecule has 0 heterocycles. The molecule has 2 heteroatoms. The van der Waals surface area contributed by atoms with Gasteiger partial charge in [-0.1, -0.05) is 37.3 Å². The Kier molecular flexibility index (Phi) is 3.44. The average molecular weight is 212 g/mol. The van der Waals surface area contributed by atoms with Crippen molar-refractivity contribution >= 4 is 11.4 Å². The minimum Gasteiger partial charge on any atom is -0.301 e. The van der Waals surface area contributed by atoms with Crippen molar-refractivity contribution in [2.45, 2.75) is 13.3 Å². The van der Waals surface area contributed by atoms with E-state index in [4.69, 9.17) is 0 Å². The van der Waals surface area contributed by atoms with E-state index in [1.165, 1.54) is 5.56 Å². The molecule has 0 radical (unpaired) electrons. The highest BCUT2D eigenvalue weighted by molar-refractivity contribution is 5.52. The van der Waals surface area contributed by atoms with Gasteiger partial charge >= 0.3 is 0 Å². The molecule has 0 aromatic heterocycles. The van der Waals surface area contributed by atoms with E-state index in [-0.39, 0.29) is 0 Å². The van der Waals surface area contributed by atoms with Crippen molar-refractivity contribution < 1.29 is 0 Å². The summed E-state index contributed by atoms with van der Waals surface area (Å²) in [5.74, 6) is 0. The summed E-state index contributed by atoms with van der Waals surface area (Å²) in [7, 11) is 0. The largest absolute Gasteiger partial charge is 0.301 e. The highest BCUT2D eigenvalue weighted by Gasteiger charge is 1.92. The summed E-state index contributed by atoms with van der Waals surface area (Å²) in [4.78, 5) is 0. The Hall–Kier alpha value is -1.96. The maximum atomic E-state index is 3.16. The molecule has 2 aromatic carbocycles. The number of hydrazine groups is 1. The third-order valence-corrected chi connectivity index (χ3v) is 2.49. The monoisotopic (exact) mass is 212 g/mol. The van der Waals surface area contributed by atoms with Crippen molar-refractivity contribution in [2.24, 2.45) is 0 Å². The SMILES string of the molecule is CCc1ccc(NNc2ccccc2)cc1.